The van der Waals surface area contributed by atoms with E-state index < -0.39 is 6.04 Å². The second kappa shape index (κ2) is 5.10. The Balaban J connectivity index is 2.26. The van der Waals surface area contributed by atoms with E-state index in [0.717, 1.165) is 0 Å². The third-order valence-electron chi connectivity index (χ3n) is 2.86. The molecule has 0 aliphatic heterocycles. The minimum atomic E-state index is -1.83. The van der Waals surface area contributed by atoms with Crippen molar-refractivity contribution in [2.45, 2.75) is 0 Å². The van der Waals surface area contributed by atoms with Gasteiger partial charge < -0.3 is 0 Å². The van der Waals surface area contributed by atoms with E-state index in [9.17, 15) is 0 Å². The minimum absolute atomic E-state index is 1.27. The predicted molar refractivity (Wildman–Crippen MR) is 88.3 cm³/mol. The maximum Gasteiger partial charge on any atom is 0.0395 e. The first-order valence-electron chi connectivity index (χ1n) is 5.53. The Hall–Kier alpha value is -0.730. The van der Waals surface area contributed by atoms with Gasteiger partial charge in [0.2, 0.25) is 0 Å². The molecule has 0 aliphatic rings. The molecular weight excluding hydrogens is 295 g/mol. The Morgan fingerprint density at radius 2 is 1.28 bits per heavy atom. The van der Waals surface area contributed by atoms with Crippen LogP contribution in [0.25, 0.3) is 0 Å². The molecule has 0 amide bonds. The van der Waals surface area contributed by atoms with Crippen LogP contribution in [0.3, 0.4) is 0 Å². The second-order valence-corrected chi connectivity index (χ2v) is 9.88. The smallest absolute Gasteiger partial charge is 0.0395 e. The molecule has 2 heterocycles. The Labute approximate surface area is 120 Å². The van der Waals surface area contributed by atoms with Crippen molar-refractivity contribution in [1.29, 1.82) is 0 Å². The van der Waals surface area contributed by atoms with Gasteiger partial charge in [-0.1, -0.05) is 42.1 Å². The molecule has 0 nitrogen and oxygen atoms in total. The molecule has 90 valence electrons. The first-order valence-corrected chi connectivity index (χ1v) is 10.2. The number of hydrogen-bond acceptors (Lipinski definition) is 3. The van der Waals surface area contributed by atoms with Crippen LogP contribution in [0.5, 0.6) is 0 Å². The molecule has 2 aromatic heterocycles. The maximum absolute atomic E-state index is 6.13. The predicted octanol–water partition coefficient (Wildman–Crippen LogP) is 3.57. The molecular formula is C14H11PS3. The molecule has 0 saturated heterocycles. The van der Waals surface area contributed by atoms with Gasteiger partial charge >= 0.3 is 0 Å². The summed E-state index contributed by atoms with van der Waals surface area (Å²) in [6.07, 6.45) is 0. The molecule has 0 bridgehead atoms. The summed E-state index contributed by atoms with van der Waals surface area (Å²) in [4.78, 5) is 0. The Kier molecular flexibility index (Phi) is 3.49. The Bertz CT molecular complexity index is 616. The Morgan fingerprint density at radius 3 is 1.72 bits per heavy atom. The highest BCUT2D eigenvalue weighted by atomic mass is 32.4. The van der Waals surface area contributed by atoms with Crippen molar-refractivity contribution in [2.24, 2.45) is 0 Å². The summed E-state index contributed by atoms with van der Waals surface area (Å²) >= 11 is 9.58. The summed E-state index contributed by atoms with van der Waals surface area (Å²) in [6.45, 7) is 0. The van der Waals surface area contributed by atoms with Crippen molar-refractivity contribution < 1.29 is 0 Å². The quantitative estimate of drug-likeness (QED) is 0.667. The highest BCUT2D eigenvalue weighted by molar-refractivity contribution is 8.25. The monoisotopic (exact) mass is 306 g/mol. The Morgan fingerprint density at radius 1 is 0.722 bits per heavy atom. The van der Waals surface area contributed by atoms with Crippen LogP contribution < -0.4 is 15.9 Å². The van der Waals surface area contributed by atoms with E-state index in [1.807, 2.05) is 6.07 Å². The van der Waals surface area contributed by atoms with Crippen LogP contribution in [0, 0.1) is 0 Å². The summed E-state index contributed by atoms with van der Waals surface area (Å²) in [5.74, 6) is 0. The highest BCUT2D eigenvalue weighted by Crippen LogP contribution is 2.43. The van der Waals surface area contributed by atoms with Gasteiger partial charge in [-0.3, -0.25) is 0 Å². The van der Waals surface area contributed by atoms with Gasteiger partial charge in [-0.15, -0.1) is 0 Å². The summed E-state index contributed by atoms with van der Waals surface area (Å²) in [7, 11) is 0. The van der Waals surface area contributed by atoms with Crippen molar-refractivity contribution in [3.8, 4) is 0 Å². The molecule has 3 aromatic rings. The molecule has 0 fully saturated rings. The average Bonchev–Trinajstić information content (AvgIpc) is 3.12. The molecule has 0 spiro atoms. The lowest BCUT2D eigenvalue weighted by atomic mass is 10.4. The topological polar surface area (TPSA) is 0 Å². The van der Waals surface area contributed by atoms with Crippen LogP contribution in [-0.4, -0.2) is 0 Å². The fraction of sp³-hybridized carbons (Fsp3) is 0. The van der Waals surface area contributed by atoms with Crippen molar-refractivity contribution in [1.82, 2.24) is 0 Å². The molecule has 0 aliphatic carbocycles. The van der Waals surface area contributed by atoms with Crippen molar-refractivity contribution >= 4 is 56.4 Å². The number of hydrogen-bond donors (Lipinski definition) is 0. The molecule has 0 N–H and O–H groups in total. The summed E-state index contributed by atoms with van der Waals surface area (Å²) in [5.41, 5.74) is 0. The van der Waals surface area contributed by atoms with E-state index in [0.29, 0.717) is 0 Å². The summed E-state index contributed by atoms with van der Waals surface area (Å²) in [5, 5.41) is 12.5. The lowest BCUT2D eigenvalue weighted by Crippen LogP contribution is -2.22. The minimum Gasteiger partial charge on any atom is -0.152 e. The van der Waals surface area contributed by atoms with E-state index in [1.54, 1.807) is 22.7 Å². The van der Waals surface area contributed by atoms with Gasteiger partial charge in [0.1, 0.15) is 0 Å². The fourth-order valence-electron chi connectivity index (χ4n) is 1.96. The largest absolute Gasteiger partial charge is 0.152 e. The van der Waals surface area contributed by atoms with E-state index in [1.165, 1.54) is 15.9 Å². The molecule has 1 aromatic carbocycles. The van der Waals surface area contributed by atoms with Gasteiger partial charge in [0.15, 0.2) is 0 Å². The van der Waals surface area contributed by atoms with Gasteiger partial charge in [-0.05, 0) is 39.0 Å². The molecule has 4 heteroatoms. The number of rotatable bonds is 3. The van der Waals surface area contributed by atoms with E-state index in [-0.39, 0.29) is 0 Å². The lowest BCUT2D eigenvalue weighted by molar-refractivity contribution is 1.77. The summed E-state index contributed by atoms with van der Waals surface area (Å²) < 4.78 is 0. The molecule has 0 saturated carbocycles. The van der Waals surface area contributed by atoms with Gasteiger partial charge in [-0.2, -0.15) is 22.7 Å². The first kappa shape index (κ1) is 12.3. The van der Waals surface area contributed by atoms with Crippen LogP contribution in [0.2, 0.25) is 0 Å². The van der Waals surface area contributed by atoms with Gasteiger partial charge in [-0.25, -0.2) is 0 Å². The van der Waals surface area contributed by atoms with Gasteiger partial charge in [0, 0.05) is 16.6 Å². The van der Waals surface area contributed by atoms with Gasteiger partial charge in [0.05, 0.1) is 0 Å². The van der Waals surface area contributed by atoms with Crippen molar-refractivity contribution in [2.75, 3.05) is 0 Å². The summed E-state index contributed by atoms with van der Waals surface area (Å²) in [6, 6.07) is 13.1. The number of benzene rings is 1. The molecule has 0 radical (unpaired) electrons. The van der Waals surface area contributed by atoms with Crippen molar-refractivity contribution in [3.05, 3.63) is 64.0 Å². The average molecular weight is 306 g/mol. The SMILES string of the molecule is S=P(c1ccccc1)(c1ccsc1)c1ccsc1. The zero-order valence-corrected chi connectivity index (χ0v) is 12.9. The van der Waals surface area contributed by atoms with Crippen LogP contribution in [-0.2, 0) is 11.8 Å². The third kappa shape index (κ3) is 2.02. The first-order chi connectivity index (χ1) is 8.82. The van der Waals surface area contributed by atoms with Crippen LogP contribution >= 0.6 is 28.7 Å². The van der Waals surface area contributed by atoms with E-state index in [2.05, 4.69) is 57.9 Å². The zero-order valence-electron chi connectivity index (χ0n) is 9.52. The van der Waals surface area contributed by atoms with Gasteiger partial charge in [0.25, 0.3) is 0 Å². The molecule has 0 unspecified atom stereocenters. The zero-order chi connectivity index (χ0) is 12.4. The molecule has 0 atom stereocenters. The van der Waals surface area contributed by atoms with Crippen LogP contribution in [0.4, 0.5) is 0 Å². The van der Waals surface area contributed by atoms with Crippen LogP contribution in [0.15, 0.2) is 64.0 Å². The van der Waals surface area contributed by atoms with Crippen LogP contribution in [0.1, 0.15) is 0 Å². The molecule has 3 rings (SSSR count). The fourth-order valence-corrected chi connectivity index (χ4v) is 8.32. The van der Waals surface area contributed by atoms with E-state index >= 15 is 0 Å². The van der Waals surface area contributed by atoms with Crippen molar-refractivity contribution in [3.63, 3.8) is 0 Å². The number of thiophene rings is 2. The third-order valence-corrected chi connectivity index (χ3v) is 9.51. The lowest BCUT2D eigenvalue weighted by Gasteiger charge is -2.20. The molecule has 18 heavy (non-hydrogen) atoms. The maximum atomic E-state index is 6.13. The second-order valence-electron chi connectivity index (χ2n) is 3.91. The standard InChI is InChI=1S/C14H11PS3/c16-15(13-6-8-17-10-13,14-7-9-18-11-14)12-4-2-1-3-5-12/h1-11H. The highest BCUT2D eigenvalue weighted by Gasteiger charge is 2.25. The van der Waals surface area contributed by atoms with E-state index in [4.69, 9.17) is 11.8 Å². The normalized spacial score (nSPS) is 11.6.